The number of aldehydes is 1. The first-order valence-corrected chi connectivity index (χ1v) is 11.1. The summed E-state index contributed by atoms with van der Waals surface area (Å²) in [6.07, 6.45) is 1.68. The van der Waals surface area contributed by atoms with E-state index in [-0.39, 0.29) is 18.2 Å². The highest BCUT2D eigenvalue weighted by atomic mass is 19.1. The van der Waals surface area contributed by atoms with Crippen molar-refractivity contribution in [3.63, 3.8) is 0 Å². The van der Waals surface area contributed by atoms with Crippen LogP contribution in [0.4, 0.5) is 10.2 Å². The molecule has 0 saturated carbocycles. The Bertz CT molecular complexity index is 1320. The Morgan fingerprint density at radius 3 is 2.56 bits per heavy atom. The van der Waals surface area contributed by atoms with Gasteiger partial charge in [-0.05, 0) is 42.7 Å². The molecule has 0 saturated heterocycles. The minimum Gasteiger partial charge on any atom is -0.466 e. The molecule has 0 aliphatic carbocycles. The van der Waals surface area contributed by atoms with Crippen molar-refractivity contribution in [2.75, 3.05) is 18.5 Å². The van der Waals surface area contributed by atoms with Gasteiger partial charge in [-0.15, -0.1) is 0 Å². The highest BCUT2D eigenvalue weighted by Crippen LogP contribution is 2.28. The van der Waals surface area contributed by atoms with E-state index in [1.165, 1.54) is 12.1 Å². The number of fused-ring (bicyclic) bond motifs is 1. The summed E-state index contributed by atoms with van der Waals surface area (Å²) in [5.74, 6) is 0.359. The average Bonchev–Trinajstić information content (AvgIpc) is 2.87. The van der Waals surface area contributed by atoms with Crippen molar-refractivity contribution in [2.24, 2.45) is 0 Å². The lowest BCUT2D eigenvalue weighted by atomic mass is 9.99. The zero-order valence-corrected chi connectivity index (χ0v) is 18.8. The smallest absolute Gasteiger partial charge is 0.305 e. The van der Waals surface area contributed by atoms with Crippen LogP contribution in [0.3, 0.4) is 0 Å². The molecule has 172 valence electrons. The van der Waals surface area contributed by atoms with Crippen molar-refractivity contribution in [2.45, 2.75) is 19.8 Å². The van der Waals surface area contributed by atoms with Gasteiger partial charge >= 0.3 is 5.97 Å². The van der Waals surface area contributed by atoms with Crippen LogP contribution in [0.25, 0.3) is 33.4 Å². The van der Waals surface area contributed by atoms with Crippen LogP contribution in [-0.2, 0) is 9.53 Å². The van der Waals surface area contributed by atoms with Crippen LogP contribution in [-0.4, -0.2) is 35.4 Å². The molecule has 1 heterocycles. The number of esters is 1. The molecule has 0 spiro atoms. The quantitative estimate of drug-likeness (QED) is 0.198. The van der Waals surface area contributed by atoms with Crippen molar-refractivity contribution in [3.05, 3.63) is 78.1 Å². The van der Waals surface area contributed by atoms with Crippen LogP contribution >= 0.6 is 0 Å². The third kappa shape index (κ3) is 5.26. The number of aromatic nitrogens is 2. The Balaban J connectivity index is 1.62. The maximum absolute atomic E-state index is 13.9. The molecule has 7 heteroatoms. The molecular formula is C27H24FN3O3. The monoisotopic (exact) mass is 457 g/mol. The van der Waals surface area contributed by atoms with Crippen LogP contribution in [0, 0.1) is 5.82 Å². The first kappa shape index (κ1) is 23.0. The topological polar surface area (TPSA) is 81.2 Å². The van der Waals surface area contributed by atoms with Gasteiger partial charge in [-0.25, -0.2) is 14.4 Å². The van der Waals surface area contributed by atoms with Gasteiger partial charge in [0, 0.05) is 29.5 Å². The minimum absolute atomic E-state index is 0.250. The van der Waals surface area contributed by atoms with Crippen LogP contribution in [0.5, 0.6) is 0 Å². The molecule has 6 nitrogen and oxygen atoms in total. The number of ether oxygens (including phenoxy) is 1. The van der Waals surface area contributed by atoms with E-state index in [4.69, 9.17) is 4.74 Å². The normalized spacial score (nSPS) is 10.8. The van der Waals surface area contributed by atoms with Crippen molar-refractivity contribution < 1.29 is 18.7 Å². The summed E-state index contributed by atoms with van der Waals surface area (Å²) in [5.41, 5.74) is 3.77. The molecule has 0 fully saturated rings. The highest BCUT2D eigenvalue weighted by molar-refractivity contribution is 5.91. The Labute approximate surface area is 196 Å². The summed E-state index contributed by atoms with van der Waals surface area (Å²) < 4.78 is 18.9. The second-order valence-electron chi connectivity index (χ2n) is 7.68. The van der Waals surface area contributed by atoms with Gasteiger partial charge in [0.2, 0.25) is 0 Å². The van der Waals surface area contributed by atoms with Gasteiger partial charge < -0.3 is 10.1 Å². The summed E-state index contributed by atoms with van der Waals surface area (Å²) in [5, 5.41) is 3.78. The molecule has 0 aliphatic heterocycles. The van der Waals surface area contributed by atoms with Crippen molar-refractivity contribution >= 4 is 29.0 Å². The number of carbonyl (C=O) groups excluding carboxylic acids is 2. The van der Waals surface area contributed by atoms with Gasteiger partial charge in [0.25, 0.3) is 0 Å². The van der Waals surface area contributed by atoms with Crippen LogP contribution < -0.4 is 5.32 Å². The number of benzene rings is 3. The van der Waals surface area contributed by atoms with E-state index in [0.29, 0.717) is 47.7 Å². The van der Waals surface area contributed by atoms with E-state index >= 15 is 0 Å². The Morgan fingerprint density at radius 2 is 1.79 bits per heavy atom. The van der Waals surface area contributed by atoms with Crippen LogP contribution in [0.15, 0.2) is 66.7 Å². The number of hydrogen-bond donors (Lipinski definition) is 1. The number of rotatable bonds is 9. The molecule has 3 aromatic carbocycles. The van der Waals surface area contributed by atoms with Crippen LogP contribution in [0.1, 0.15) is 30.1 Å². The standard InChI is InChI=1S/C27H24FN3O3/c1-2-34-25(33)8-5-15-29-27-23-16-21(28)13-14-24(23)30-26(31-27)19-11-9-18(10-12-19)22-7-4-3-6-20(22)17-32/h3-4,6-7,9-14,16-17H,2,5,8,15H2,1H3,(H,29,30,31). The minimum atomic E-state index is -0.378. The van der Waals surface area contributed by atoms with E-state index in [2.05, 4.69) is 15.3 Å². The fourth-order valence-electron chi connectivity index (χ4n) is 3.70. The van der Waals surface area contributed by atoms with Crippen molar-refractivity contribution in [1.82, 2.24) is 9.97 Å². The molecule has 1 N–H and O–H groups in total. The molecular weight excluding hydrogens is 433 g/mol. The zero-order valence-electron chi connectivity index (χ0n) is 18.8. The van der Waals surface area contributed by atoms with Crippen LogP contribution in [0.2, 0.25) is 0 Å². The molecule has 0 radical (unpaired) electrons. The fraction of sp³-hybridized carbons (Fsp3) is 0.185. The second kappa shape index (κ2) is 10.7. The molecule has 4 aromatic rings. The second-order valence-corrected chi connectivity index (χ2v) is 7.68. The molecule has 0 bridgehead atoms. The number of halogens is 1. The number of anilines is 1. The average molecular weight is 458 g/mol. The van der Waals surface area contributed by atoms with E-state index < -0.39 is 0 Å². The summed E-state index contributed by atoms with van der Waals surface area (Å²) in [7, 11) is 0. The lowest BCUT2D eigenvalue weighted by molar-refractivity contribution is -0.143. The molecule has 1 aromatic heterocycles. The molecule has 34 heavy (non-hydrogen) atoms. The third-order valence-corrected chi connectivity index (χ3v) is 5.36. The van der Waals surface area contributed by atoms with Gasteiger partial charge in [0.1, 0.15) is 11.6 Å². The maximum Gasteiger partial charge on any atom is 0.305 e. The molecule has 4 rings (SSSR count). The summed E-state index contributed by atoms with van der Waals surface area (Å²) in [6.45, 7) is 2.60. The number of carbonyl (C=O) groups is 2. The summed E-state index contributed by atoms with van der Waals surface area (Å²) in [6, 6.07) is 19.4. The Morgan fingerprint density at radius 1 is 1.03 bits per heavy atom. The first-order valence-electron chi connectivity index (χ1n) is 11.1. The summed E-state index contributed by atoms with van der Waals surface area (Å²) in [4.78, 5) is 32.2. The van der Waals surface area contributed by atoms with Crippen molar-refractivity contribution in [3.8, 4) is 22.5 Å². The predicted molar refractivity (Wildman–Crippen MR) is 130 cm³/mol. The lowest BCUT2D eigenvalue weighted by Crippen LogP contribution is -2.10. The van der Waals surface area contributed by atoms with Gasteiger partial charge in [0.05, 0.1) is 12.1 Å². The summed E-state index contributed by atoms with van der Waals surface area (Å²) >= 11 is 0. The van der Waals surface area contributed by atoms with Gasteiger partial charge in [0.15, 0.2) is 12.1 Å². The van der Waals surface area contributed by atoms with Gasteiger partial charge in [-0.3, -0.25) is 9.59 Å². The Kier molecular flexibility index (Phi) is 7.22. The molecule has 0 unspecified atom stereocenters. The number of nitrogens with one attached hydrogen (secondary N) is 1. The maximum atomic E-state index is 13.9. The SMILES string of the molecule is CCOC(=O)CCCNc1nc(-c2ccc(-c3ccccc3C=O)cc2)nc2ccc(F)cc12. The number of hydrogen-bond acceptors (Lipinski definition) is 6. The largest absolute Gasteiger partial charge is 0.466 e. The molecule has 0 atom stereocenters. The first-order chi connectivity index (χ1) is 16.6. The molecule has 0 aliphatic rings. The highest BCUT2D eigenvalue weighted by Gasteiger charge is 2.12. The van der Waals surface area contributed by atoms with Gasteiger partial charge in [-0.2, -0.15) is 0 Å². The molecule has 0 amide bonds. The zero-order chi connectivity index (χ0) is 23.9. The third-order valence-electron chi connectivity index (χ3n) is 5.36. The van der Waals surface area contributed by atoms with Crippen molar-refractivity contribution in [1.29, 1.82) is 0 Å². The van der Waals surface area contributed by atoms with Gasteiger partial charge in [-0.1, -0.05) is 48.5 Å². The predicted octanol–water partition coefficient (Wildman–Crippen LogP) is 5.67. The number of nitrogens with zero attached hydrogens (tertiary/aromatic N) is 2. The van der Waals surface area contributed by atoms with E-state index in [0.717, 1.165) is 23.0 Å². The van der Waals surface area contributed by atoms with E-state index in [1.54, 1.807) is 19.1 Å². The fourth-order valence-corrected chi connectivity index (χ4v) is 3.70. The lowest BCUT2D eigenvalue weighted by Gasteiger charge is -2.12. The van der Waals surface area contributed by atoms with E-state index in [1.807, 2.05) is 42.5 Å². The van der Waals surface area contributed by atoms with E-state index in [9.17, 15) is 14.0 Å². The Hall–Kier alpha value is -4.13.